The van der Waals surface area contributed by atoms with Crippen molar-refractivity contribution in [2.45, 2.75) is 46.1 Å². The number of pyridine rings is 1. The number of rotatable bonds is 9. The Morgan fingerprint density at radius 2 is 1.94 bits per heavy atom. The number of aromatic nitrogens is 1. The summed E-state index contributed by atoms with van der Waals surface area (Å²) in [5.74, 6) is 0.555. The van der Waals surface area contributed by atoms with Gasteiger partial charge >= 0.3 is 0 Å². The van der Waals surface area contributed by atoms with Crippen LogP contribution < -0.4 is 0 Å². The Hall–Kier alpha value is -2.70. The molecule has 0 saturated carbocycles. The van der Waals surface area contributed by atoms with Gasteiger partial charge < -0.3 is 14.1 Å². The van der Waals surface area contributed by atoms with E-state index in [2.05, 4.69) is 42.8 Å². The minimum atomic E-state index is 0.128. The van der Waals surface area contributed by atoms with E-state index in [0.29, 0.717) is 18.9 Å². The van der Waals surface area contributed by atoms with Gasteiger partial charge in [-0.1, -0.05) is 13.8 Å². The summed E-state index contributed by atoms with van der Waals surface area (Å²) in [5.41, 5.74) is 5.45. The molecule has 1 aromatic carbocycles. The van der Waals surface area contributed by atoms with Crippen molar-refractivity contribution >= 4 is 16.9 Å². The van der Waals surface area contributed by atoms with E-state index in [4.69, 9.17) is 9.15 Å². The van der Waals surface area contributed by atoms with Crippen LogP contribution in [0.3, 0.4) is 0 Å². The number of ether oxygens (including phenoxy) is 1. The highest BCUT2D eigenvalue weighted by molar-refractivity contribution is 5.88. The molecule has 1 aliphatic rings. The molecule has 0 atom stereocenters. The van der Waals surface area contributed by atoms with Gasteiger partial charge in [0, 0.05) is 56.1 Å². The highest BCUT2D eigenvalue weighted by Gasteiger charge is 2.19. The second-order valence-corrected chi connectivity index (χ2v) is 9.28. The number of morpholine rings is 1. The monoisotopic (exact) mass is 449 g/mol. The number of hydrogen-bond donors (Lipinski definition) is 0. The first-order chi connectivity index (χ1) is 16.0. The Balaban J connectivity index is 1.48. The Morgan fingerprint density at radius 1 is 1.18 bits per heavy atom. The lowest BCUT2D eigenvalue weighted by Gasteiger charge is -2.28. The van der Waals surface area contributed by atoms with Gasteiger partial charge in [0.15, 0.2) is 0 Å². The Kier molecular flexibility index (Phi) is 7.78. The number of amides is 1. The Bertz CT molecular complexity index is 1060. The third-order valence-corrected chi connectivity index (χ3v) is 6.49. The van der Waals surface area contributed by atoms with Gasteiger partial charge in [-0.2, -0.15) is 0 Å². The first kappa shape index (κ1) is 23.5. The van der Waals surface area contributed by atoms with Crippen LogP contribution in [0.15, 0.2) is 47.3 Å². The minimum Gasteiger partial charge on any atom is -0.464 e. The lowest BCUT2D eigenvalue weighted by Crippen LogP contribution is -2.39. The molecule has 6 nitrogen and oxygen atoms in total. The summed E-state index contributed by atoms with van der Waals surface area (Å²) in [7, 11) is 0. The maximum Gasteiger partial charge on any atom is 0.227 e. The van der Waals surface area contributed by atoms with E-state index < -0.39 is 0 Å². The molecule has 33 heavy (non-hydrogen) atoms. The van der Waals surface area contributed by atoms with E-state index >= 15 is 0 Å². The van der Waals surface area contributed by atoms with Crippen molar-refractivity contribution < 1.29 is 13.9 Å². The smallest absolute Gasteiger partial charge is 0.227 e. The molecular formula is C27H35N3O3. The number of furan rings is 1. The van der Waals surface area contributed by atoms with Gasteiger partial charge in [-0.25, -0.2) is 0 Å². The zero-order chi connectivity index (χ0) is 23.2. The second-order valence-electron chi connectivity index (χ2n) is 9.28. The van der Waals surface area contributed by atoms with Crippen molar-refractivity contribution in [1.29, 1.82) is 0 Å². The highest BCUT2D eigenvalue weighted by atomic mass is 16.5. The van der Waals surface area contributed by atoms with Gasteiger partial charge in [0.1, 0.15) is 5.58 Å². The Labute approximate surface area is 196 Å². The average Bonchev–Trinajstić information content (AvgIpc) is 3.20. The van der Waals surface area contributed by atoms with Gasteiger partial charge in [0.2, 0.25) is 5.91 Å². The molecule has 3 heterocycles. The highest BCUT2D eigenvalue weighted by Crippen LogP contribution is 2.29. The third kappa shape index (κ3) is 6.01. The number of nitrogens with zero attached hydrogens (tertiary/aromatic N) is 3. The van der Waals surface area contributed by atoms with Crippen LogP contribution in [0.5, 0.6) is 0 Å². The van der Waals surface area contributed by atoms with Gasteiger partial charge in [-0.05, 0) is 60.2 Å². The predicted molar refractivity (Wildman–Crippen MR) is 130 cm³/mol. The lowest BCUT2D eigenvalue weighted by atomic mass is 9.95. The molecule has 1 amide bonds. The summed E-state index contributed by atoms with van der Waals surface area (Å²) in [4.78, 5) is 22.0. The predicted octanol–water partition coefficient (Wildman–Crippen LogP) is 4.55. The van der Waals surface area contributed by atoms with E-state index in [1.54, 1.807) is 18.7 Å². The summed E-state index contributed by atoms with van der Waals surface area (Å²) in [6, 6.07) is 8.25. The van der Waals surface area contributed by atoms with Crippen LogP contribution in [-0.2, 0) is 22.5 Å². The minimum absolute atomic E-state index is 0.128. The van der Waals surface area contributed by atoms with Crippen LogP contribution in [0.2, 0.25) is 0 Å². The molecule has 2 aromatic heterocycles. The first-order valence-corrected chi connectivity index (χ1v) is 12.0. The number of carbonyl (C=O) groups is 1. The van der Waals surface area contributed by atoms with Gasteiger partial charge in [0.25, 0.3) is 0 Å². The van der Waals surface area contributed by atoms with Crippen molar-refractivity contribution in [3.05, 3.63) is 65.2 Å². The molecule has 1 fully saturated rings. The molecule has 4 rings (SSSR count). The number of fused-ring (bicyclic) bond motifs is 1. The number of hydrogen-bond acceptors (Lipinski definition) is 5. The van der Waals surface area contributed by atoms with E-state index in [1.807, 2.05) is 17.0 Å². The SMILES string of the molecule is Cc1cc2occ(CC(=O)N(CCCN3CCOCC3)Cc3ccncc3)c2cc1C(C)C. The third-order valence-electron chi connectivity index (χ3n) is 6.49. The molecule has 0 unspecified atom stereocenters. The topological polar surface area (TPSA) is 58.8 Å². The quantitative estimate of drug-likeness (QED) is 0.480. The molecule has 0 N–H and O–H groups in total. The van der Waals surface area contributed by atoms with E-state index in [-0.39, 0.29) is 5.91 Å². The first-order valence-electron chi connectivity index (χ1n) is 12.0. The van der Waals surface area contributed by atoms with Gasteiger partial charge in [0.05, 0.1) is 25.9 Å². The van der Waals surface area contributed by atoms with Crippen molar-refractivity contribution in [1.82, 2.24) is 14.8 Å². The summed E-state index contributed by atoms with van der Waals surface area (Å²) >= 11 is 0. The average molecular weight is 450 g/mol. The van der Waals surface area contributed by atoms with Crippen LogP contribution in [0.25, 0.3) is 11.0 Å². The van der Waals surface area contributed by atoms with Crippen molar-refractivity contribution in [3.63, 3.8) is 0 Å². The molecule has 0 bridgehead atoms. The summed E-state index contributed by atoms with van der Waals surface area (Å²) in [6.45, 7) is 12.3. The summed E-state index contributed by atoms with van der Waals surface area (Å²) in [5, 5.41) is 1.05. The molecule has 0 spiro atoms. The van der Waals surface area contributed by atoms with Crippen LogP contribution in [0.4, 0.5) is 0 Å². The fraction of sp³-hybridized carbons (Fsp3) is 0.481. The van der Waals surface area contributed by atoms with Gasteiger partial charge in [-0.3, -0.25) is 14.7 Å². The van der Waals surface area contributed by atoms with Crippen LogP contribution in [0, 0.1) is 6.92 Å². The van der Waals surface area contributed by atoms with Crippen LogP contribution in [-0.4, -0.2) is 60.1 Å². The normalized spacial score (nSPS) is 14.8. The molecular weight excluding hydrogens is 414 g/mol. The molecule has 0 radical (unpaired) electrons. The fourth-order valence-corrected chi connectivity index (χ4v) is 4.59. The number of benzene rings is 1. The lowest BCUT2D eigenvalue weighted by molar-refractivity contribution is -0.131. The molecule has 1 saturated heterocycles. The summed E-state index contributed by atoms with van der Waals surface area (Å²) < 4.78 is 11.3. The standard InChI is InChI=1S/C27H35N3O3/c1-20(2)24-17-25-23(19-33-26(25)15-21(24)3)16-27(31)30(18-22-5-7-28-8-6-22)10-4-9-29-11-13-32-14-12-29/h5-8,15,17,19-20H,4,9-14,16,18H2,1-3H3. The maximum atomic E-state index is 13.5. The molecule has 176 valence electrons. The largest absolute Gasteiger partial charge is 0.464 e. The van der Waals surface area contributed by atoms with E-state index in [0.717, 1.165) is 67.9 Å². The van der Waals surface area contributed by atoms with Crippen molar-refractivity contribution in [3.8, 4) is 0 Å². The molecule has 0 aliphatic carbocycles. The fourth-order valence-electron chi connectivity index (χ4n) is 4.59. The number of aryl methyl sites for hydroxylation is 1. The van der Waals surface area contributed by atoms with Crippen LogP contribution >= 0.6 is 0 Å². The maximum absolute atomic E-state index is 13.5. The van der Waals surface area contributed by atoms with E-state index in [1.165, 1.54) is 11.1 Å². The van der Waals surface area contributed by atoms with Gasteiger partial charge in [-0.15, -0.1) is 0 Å². The number of carbonyl (C=O) groups excluding carboxylic acids is 1. The molecule has 6 heteroatoms. The van der Waals surface area contributed by atoms with E-state index in [9.17, 15) is 4.79 Å². The second kappa shape index (κ2) is 10.9. The Morgan fingerprint density at radius 3 is 2.67 bits per heavy atom. The molecule has 3 aromatic rings. The van der Waals surface area contributed by atoms with Crippen molar-refractivity contribution in [2.75, 3.05) is 39.4 Å². The van der Waals surface area contributed by atoms with Crippen LogP contribution in [0.1, 0.15) is 48.4 Å². The zero-order valence-electron chi connectivity index (χ0n) is 20.0. The summed E-state index contributed by atoms with van der Waals surface area (Å²) in [6.07, 6.45) is 6.61. The molecule has 1 aliphatic heterocycles. The van der Waals surface area contributed by atoms with Crippen molar-refractivity contribution in [2.24, 2.45) is 0 Å². The zero-order valence-corrected chi connectivity index (χ0v) is 20.0.